The highest BCUT2D eigenvalue weighted by atomic mass is 16.5. The molecule has 1 aliphatic rings. The second kappa shape index (κ2) is 7.87. The van der Waals surface area contributed by atoms with Gasteiger partial charge in [0.1, 0.15) is 6.54 Å². The summed E-state index contributed by atoms with van der Waals surface area (Å²) in [7, 11) is 0. The SMILES string of the molecule is CCOC(=O)CN(CC)C(=O)C1CCN(C(C)=O)CC1. The van der Waals surface area contributed by atoms with E-state index < -0.39 is 0 Å². The van der Waals surface area contributed by atoms with Crippen LogP contribution in [0.5, 0.6) is 0 Å². The fourth-order valence-corrected chi connectivity index (χ4v) is 2.41. The van der Waals surface area contributed by atoms with E-state index >= 15 is 0 Å². The molecule has 1 rings (SSSR count). The molecule has 0 aromatic rings. The summed E-state index contributed by atoms with van der Waals surface area (Å²) in [5, 5.41) is 0. The van der Waals surface area contributed by atoms with Crippen molar-refractivity contribution in [2.24, 2.45) is 5.92 Å². The monoisotopic (exact) mass is 284 g/mol. The van der Waals surface area contributed by atoms with Crippen LogP contribution in [-0.4, -0.2) is 60.4 Å². The molecule has 6 nitrogen and oxygen atoms in total. The zero-order chi connectivity index (χ0) is 15.1. The molecule has 0 bridgehead atoms. The standard InChI is InChI=1S/C14H24N2O4/c1-4-15(10-13(18)20-5-2)14(19)12-6-8-16(9-7-12)11(3)17/h12H,4-10H2,1-3H3. The van der Waals surface area contributed by atoms with Crippen molar-refractivity contribution in [1.82, 2.24) is 9.80 Å². The molecule has 0 N–H and O–H groups in total. The first kappa shape index (κ1) is 16.5. The Hall–Kier alpha value is -1.59. The predicted molar refractivity (Wildman–Crippen MR) is 73.9 cm³/mol. The molecule has 0 atom stereocenters. The molecule has 1 fully saturated rings. The molecule has 0 aromatic heterocycles. The molecule has 2 amide bonds. The number of rotatable bonds is 5. The Balaban J connectivity index is 2.51. The number of carbonyl (C=O) groups excluding carboxylic acids is 3. The molecule has 1 heterocycles. The molecule has 0 aromatic carbocycles. The Morgan fingerprint density at radius 3 is 2.25 bits per heavy atom. The second-order valence-electron chi connectivity index (χ2n) is 4.94. The lowest BCUT2D eigenvalue weighted by atomic mass is 9.95. The number of hydrogen-bond acceptors (Lipinski definition) is 4. The van der Waals surface area contributed by atoms with E-state index in [0.717, 1.165) is 0 Å². The summed E-state index contributed by atoms with van der Waals surface area (Å²) in [4.78, 5) is 38.4. The number of likely N-dealkylation sites (tertiary alicyclic amines) is 1. The zero-order valence-electron chi connectivity index (χ0n) is 12.6. The molecule has 0 aliphatic carbocycles. The minimum atomic E-state index is -0.371. The predicted octanol–water partition coefficient (Wildman–Crippen LogP) is 0.656. The average molecular weight is 284 g/mol. The Morgan fingerprint density at radius 2 is 1.80 bits per heavy atom. The van der Waals surface area contributed by atoms with Gasteiger partial charge in [-0.05, 0) is 26.7 Å². The first-order chi connectivity index (χ1) is 9.49. The van der Waals surface area contributed by atoms with Crippen molar-refractivity contribution in [3.05, 3.63) is 0 Å². The van der Waals surface area contributed by atoms with Crippen molar-refractivity contribution >= 4 is 17.8 Å². The summed E-state index contributed by atoms with van der Waals surface area (Å²) in [6, 6.07) is 0. The van der Waals surface area contributed by atoms with E-state index in [1.165, 1.54) is 4.90 Å². The van der Waals surface area contributed by atoms with Crippen LogP contribution in [0.15, 0.2) is 0 Å². The van der Waals surface area contributed by atoms with Gasteiger partial charge < -0.3 is 14.5 Å². The van der Waals surface area contributed by atoms with Crippen LogP contribution in [0.4, 0.5) is 0 Å². The summed E-state index contributed by atoms with van der Waals surface area (Å²) in [6.07, 6.45) is 1.33. The third-order valence-corrected chi connectivity index (χ3v) is 3.61. The van der Waals surface area contributed by atoms with Gasteiger partial charge in [0.25, 0.3) is 0 Å². The fraction of sp³-hybridized carbons (Fsp3) is 0.786. The van der Waals surface area contributed by atoms with Gasteiger partial charge in [0, 0.05) is 32.5 Å². The van der Waals surface area contributed by atoms with Gasteiger partial charge in [-0.3, -0.25) is 14.4 Å². The van der Waals surface area contributed by atoms with Crippen molar-refractivity contribution < 1.29 is 19.1 Å². The van der Waals surface area contributed by atoms with E-state index in [9.17, 15) is 14.4 Å². The van der Waals surface area contributed by atoms with Gasteiger partial charge in [0.2, 0.25) is 11.8 Å². The molecule has 0 saturated carbocycles. The normalized spacial score (nSPS) is 15.8. The molecule has 6 heteroatoms. The van der Waals surface area contributed by atoms with Crippen LogP contribution in [0.1, 0.15) is 33.6 Å². The Labute approximate surface area is 120 Å². The molecule has 1 aliphatic heterocycles. The van der Waals surface area contributed by atoms with Crippen molar-refractivity contribution in [2.45, 2.75) is 33.6 Å². The van der Waals surface area contributed by atoms with E-state index in [-0.39, 0.29) is 30.2 Å². The molecule has 0 unspecified atom stereocenters. The van der Waals surface area contributed by atoms with Gasteiger partial charge >= 0.3 is 5.97 Å². The third-order valence-electron chi connectivity index (χ3n) is 3.61. The van der Waals surface area contributed by atoms with Crippen LogP contribution < -0.4 is 0 Å². The highest BCUT2D eigenvalue weighted by Gasteiger charge is 2.29. The topological polar surface area (TPSA) is 66.9 Å². The summed E-state index contributed by atoms with van der Waals surface area (Å²) in [6.45, 7) is 7.18. The maximum Gasteiger partial charge on any atom is 0.325 e. The Kier molecular flexibility index (Phi) is 6.48. The van der Waals surface area contributed by atoms with Gasteiger partial charge in [-0.2, -0.15) is 0 Å². The third kappa shape index (κ3) is 4.51. The van der Waals surface area contributed by atoms with Gasteiger partial charge in [-0.25, -0.2) is 0 Å². The molecule has 0 radical (unpaired) electrons. The van der Waals surface area contributed by atoms with Gasteiger partial charge in [-0.15, -0.1) is 0 Å². The first-order valence-corrected chi connectivity index (χ1v) is 7.19. The lowest BCUT2D eigenvalue weighted by Gasteiger charge is -2.33. The smallest absolute Gasteiger partial charge is 0.325 e. The number of hydrogen-bond donors (Lipinski definition) is 0. The quantitative estimate of drug-likeness (QED) is 0.695. The fourth-order valence-electron chi connectivity index (χ4n) is 2.41. The molecular formula is C14H24N2O4. The van der Waals surface area contributed by atoms with E-state index in [0.29, 0.717) is 39.1 Å². The first-order valence-electron chi connectivity index (χ1n) is 7.19. The van der Waals surface area contributed by atoms with Gasteiger partial charge in [0.05, 0.1) is 6.61 Å². The number of ether oxygens (including phenoxy) is 1. The van der Waals surface area contributed by atoms with Crippen molar-refractivity contribution in [3.63, 3.8) is 0 Å². The molecule has 1 saturated heterocycles. The van der Waals surface area contributed by atoms with Crippen molar-refractivity contribution in [2.75, 3.05) is 32.8 Å². The number of esters is 1. The lowest BCUT2D eigenvalue weighted by molar-refractivity contribution is -0.151. The minimum absolute atomic E-state index is 0.0100. The van der Waals surface area contributed by atoms with Crippen LogP contribution in [0, 0.1) is 5.92 Å². The summed E-state index contributed by atoms with van der Waals surface area (Å²) in [5.74, 6) is -0.428. The molecule has 20 heavy (non-hydrogen) atoms. The minimum Gasteiger partial charge on any atom is -0.465 e. The number of nitrogens with zero attached hydrogens (tertiary/aromatic N) is 2. The lowest BCUT2D eigenvalue weighted by Crippen LogP contribution is -2.45. The van der Waals surface area contributed by atoms with Crippen molar-refractivity contribution in [3.8, 4) is 0 Å². The summed E-state index contributed by atoms with van der Waals surface area (Å²) in [5.41, 5.74) is 0. The van der Waals surface area contributed by atoms with Crippen molar-refractivity contribution in [1.29, 1.82) is 0 Å². The summed E-state index contributed by atoms with van der Waals surface area (Å²) >= 11 is 0. The van der Waals surface area contributed by atoms with Crippen LogP contribution in [-0.2, 0) is 19.1 Å². The Morgan fingerprint density at radius 1 is 1.20 bits per heavy atom. The summed E-state index contributed by atoms with van der Waals surface area (Å²) < 4.78 is 4.87. The highest BCUT2D eigenvalue weighted by molar-refractivity contribution is 5.84. The van der Waals surface area contributed by atoms with Crippen LogP contribution in [0.25, 0.3) is 0 Å². The van der Waals surface area contributed by atoms with E-state index in [4.69, 9.17) is 4.74 Å². The average Bonchev–Trinajstić information content (AvgIpc) is 2.44. The largest absolute Gasteiger partial charge is 0.465 e. The maximum atomic E-state index is 12.4. The van der Waals surface area contributed by atoms with Gasteiger partial charge in [0.15, 0.2) is 0 Å². The van der Waals surface area contributed by atoms with Gasteiger partial charge in [-0.1, -0.05) is 0 Å². The zero-order valence-corrected chi connectivity index (χ0v) is 12.6. The number of amides is 2. The van der Waals surface area contributed by atoms with E-state index in [1.807, 2.05) is 6.92 Å². The van der Waals surface area contributed by atoms with Crippen LogP contribution in [0.3, 0.4) is 0 Å². The van der Waals surface area contributed by atoms with Crippen LogP contribution in [0.2, 0.25) is 0 Å². The molecule has 114 valence electrons. The van der Waals surface area contributed by atoms with E-state index in [2.05, 4.69) is 0 Å². The molecule has 0 spiro atoms. The Bertz CT molecular complexity index is 362. The number of likely N-dealkylation sites (N-methyl/N-ethyl adjacent to an activating group) is 1. The number of piperidine rings is 1. The number of carbonyl (C=O) groups is 3. The second-order valence-corrected chi connectivity index (χ2v) is 4.94. The maximum absolute atomic E-state index is 12.4. The highest BCUT2D eigenvalue weighted by Crippen LogP contribution is 2.19. The van der Waals surface area contributed by atoms with E-state index in [1.54, 1.807) is 18.7 Å². The molecular weight excluding hydrogens is 260 g/mol. The van der Waals surface area contributed by atoms with Crippen LogP contribution >= 0.6 is 0 Å².